The third kappa shape index (κ3) is 4.39. The minimum Gasteiger partial charge on any atom is -0.338 e. The summed E-state index contributed by atoms with van der Waals surface area (Å²) in [6.07, 6.45) is 0.461. The van der Waals surface area contributed by atoms with Crippen LogP contribution in [0.25, 0.3) is 0 Å². The number of benzene rings is 2. The van der Waals surface area contributed by atoms with Gasteiger partial charge in [0, 0.05) is 44.2 Å². The summed E-state index contributed by atoms with van der Waals surface area (Å²) in [6, 6.07) is 8.35. The lowest BCUT2D eigenvalue weighted by atomic mass is 10.0. The number of nitrogens with zero attached hydrogens (tertiary/aromatic N) is 2. The molecule has 2 aromatic rings. The summed E-state index contributed by atoms with van der Waals surface area (Å²) in [4.78, 5) is 14.7. The second-order valence-electron chi connectivity index (χ2n) is 8.36. The van der Waals surface area contributed by atoms with Gasteiger partial charge in [0.1, 0.15) is 5.82 Å². The van der Waals surface area contributed by atoms with Gasteiger partial charge in [-0.1, -0.05) is 18.2 Å². The monoisotopic (exact) mass is 467 g/mol. The summed E-state index contributed by atoms with van der Waals surface area (Å²) >= 11 is 0. The highest BCUT2D eigenvalue weighted by atomic mass is 32.2. The van der Waals surface area contributed by atoms with E-state index in [4.69, 9.17) is 5.73 Å². The first-order valence-electron chi connectivity index (χ1n) is 10.4. The predicted octanol–water partition coefficient (Wildman–Crippen LogP) is 2.29. The van der Waals surface area contributed by atoms with Crippen LogP contribution in [0.2, 0.25) is 0 Å². The van der Waals surface area contributed by atoms with Gasteiger partial charge >= 0.3 is 0 Å². The first kappa shape index (κ1) is 22.8. The minimum atomic E-state index is -3.64. The van der Waals surface area contributed by atoms with E-state index >= 15 is 0 Å². The van der Waals surface area contributed by atoms with E-state index in [2.05, 4.69) is 0 Å². The van der Waals surface area contributed by atoms with Crippen LogP contribution >= 0.6 is 0 Å². The van der Waals surface area contributed by atoms with Crippen LogP contribution < -0.4 is 5.73 Å². The van der Waals surface area contributed by atoms with Gasteiger partial charge in [-0.25, -0.2) is 21.6 Å². The average molecular weight is 468 g/mol. The molecule has 2 aliphatic heterocycles. The summed E-state index contributed by atoms with van der Waals surface area (Å²) in [5.41, 5.74) is 5.91. The molecule has 0 aromatic heterocycles. The Morgan fingerprint density at radius 3 is 2.47 bits per heavy atom. The van der Waals surface area contributed by atoms with Crippen molar-refractivity contribution in [3.63, 3.8) is 0 Å². The highest BCUT2D eigenvalue weighted by Crippen LogP contribution is 2.35. The standard InChI is InChI=1S/C22H24F3N3O3S/c23-18-11-20(25)19(24)9-15(18)8-16(26)10-22(29)28-7-6-14-12-27(13-21(14)28)32(30,31)17-4-2-1-3-5-17/h1-5,9,11,14,16,21H,6-8,10,12-13,26H2/t14-,16?,21+/m0/s1. The van der Waals surface area contributed by atoms with Gasteiger partial charge < -0.3 is 10.6 Å². The molecule has 2 aliphatic rings. The average Bonchev–Trinajstić information content (AvgIpc) is 3.34. The molecule has 2 saturated heterocycles. The summed E-state index contributed by atoms with van der Waals surface area (Å²) in [6.45, 7) is 1.05. The van der Waals surface area contributed by atoms with Gasteiger partial charge in [0.2, 0.25) is 15.9 Å². The van der Waals surface area contributed by atoms with Crippen LogP contribution in [-0.4, -0.2) is 55.2 Å². The van der Waals surface area contributed by atoms with Gasteiger partial charge in [-0.15, -0.1) is 0 Å². The third-order valence-corrected chi connectivity index (χ3v) is 8.07. The van der Waals surface area contributed by atoms with E-state index < -0.39 is 33.5 Å². The van der Waals surface area contributed by atoms with Crippen LogP contribution in [0, 0.1) is 23.4 Å². The van der Waals surface area contributed by atoms with Gasteiger partial charge in [0.05, 0.1) is 4.90 Å². The maximum absolute atomic E-state index is 13.9. The Bertz CT molecular complexity index is 1110. The fourth-order valence-electron chi connectivity index (χ4n) is 4.59. The number of rotatable bonds is 6. The number of carbonyl (C=O) groups is 1. The number of halogens is 3. The van der Waals surface area contributed by atoms with E-state index in [1.54, 1.807) is 35.2 Å². The normalized spacial score (nSPS) is 22.2. The summed E-state index contributed by atoms with van der Waals surface area (Å²) in [5, 5.41) is 0. The molecule has 2 heterocycles. The Morgan fingerprint density at radius 2 is 1.75 bits per heavy atom. The van der Waals surface area contributed by atoms with E-state index in [9.17, 15) is 26.4 Å². The molecule has 0 saturated carbocycles. The van der Waals surface area contributed by atoms with E-state index in [1.165, 1.54) is 4.31 Å². The van der Waals surface area contributed by atoms with Crippen LogP contribution in [0.5, 0.6) is 0 Å². The molecule has 0 radical (unpaired) electrons. The maximum atomic E-state index is 13.9. The number of fused-ring (bicyclic) bond motifs is 1. The zero-order valence-corrected chi connectivity index (χ0v) is 18.1. The zero-order valence-electron chi connectivity index (χ0n) is 17.3. The molecular formula is C22H24F3N3O3S. The fraction of sp³-hybridized carbons (Fsp3) is 0.409. The molecule has 0 aliphatic carbocycles. The smallest absolute Gasteiger partial charge is 0.243 e. The molecule has 1 amide bonds. The lowest BCUT2D eigenvalue weighted by molar-refractivity contribution is -0.132. The van der Waals surface area contributed by atoms with E-state index in [0.29, 0.717) is 25.6 Å². The molecule has 2 fully saturated rings. The highest BCUT2D eigenvalue weighted by Gasteiger charge is 2.46. The number of carbonyl (C=O) groups excluding carboxylic acids is 1. The lowest BCUT2D eigenvalue weighted by Gasteiger charge is -2.26. The van der Waals surface area contributed by atoms with Crippen LogP contribution in [0.3, 0.4) is 0 Å². The zero-order chi connectivity index (χ0) is 23.0. The Morgan fingerprint density at radius 1 is 1.06 bits per heavy atom. The molecule has 32 heavy (non-hydrogen) atoms. The van der Waals surface area contributed by atoms with Crippen LogP contribution in [-0.2, 0) is 21.2 Å². The van der Waals surface area contributed by atoms with Gasteiger partial charge in [0.15, 0.2) is 11.6 Å². The van der Waals surface area contributed by atoms with Crippen molar-refractivity contribution < 1.29 is 26.4 Å². The van der Waals surface area contributed by atoms with Crippen molar-refractivity contribution in [2.24, 2.45) is 11.7 Å². The molecule has 0 bridgehead atoms. The molecular weight excluding hydrogens is 443 g/mol. The third-order valence-electron chi connectivity index (χ3n) is 6.22. The van der Waals surface area contributed by atoms with E-state index in [-0.39, 0.29) is 47.7 Å². The largest absolute Gasteiger partial charge is 0.338 e. The molecule has 2 aromatic carbocycles. The SMILES string of the molecule is NC(CC(=O)N1CC[C@H]2CN(S(=O)(=O)c3ccccc3)C[C@H]21)Cc1cc(F)c(F)cc1F. The van der Waals surface area contributed by atoms with Gasteiger partial charge in [-0.3, -0.25) is 4.79 Å². The van der Waals surface area contributed by atoms with Crippen molar-refractivity contribution in [2.75, 3.05) is 19.6 Å². The van der Waals surface area contributed by atoms with Crippen molar-refractivity contribution >= 4 is 15.9 Å². The molecule has 4 rings (SSSR count). The van der Waals surface area contributed by atoms with E-state index in [0.717, 1.165) is 6.07 Å². The molecule has 172 valence electrons. The van der Waals surface area contributed by atoms with Crippen molar-refractivity contribution in [1.82, 2.24) is 9.21 Å². The molecule has 1 unspecified atom stereocenters. The second kappa shape index (κ2) is 8.84. The quantitative estimate of drug-likeness (QED) is 0.661. The number of nitrogens with two attached hydrogens (primary N) is 1. The Kier molecular flexibility index (Phi) is 6.28. The highest BCUT2D eigenvalue weighted by molar-refractivity contribution is 7.89. The first-order chi connectivity index (χ1) is 15.2. The lowest BCUT2D eigenvalue weighted by Crippen LogP contribution is -2.43. The predicted molar refractivity (Wildman–Crippen MR) is 111 cm³/mol. The topological polar surface area (TPSA) is 83.7 Å². The molecule has 6 nitrogen and oxygen atoms in total. The van der Waals surface area contributed by atoms with Crippen molar-refractivity contribution in [3.8, 4) is 0 Å². The van der Waals surface area contributed by atoms with Gasteiger partial charge in [0.25, 0.3) is 0 Å². The van der Waals surface area contributed by atoms with Crippen molar-refractivity contribution in [2.45, 2.75) is 36.2 Å². The number of hydrogen-bond donors (Lipinski definition) is 1. The molecule has 2 N–H and O–H groups in total. The Hall–Kier alpha value is -2.43. The molecule has 3 atom stereocenters. The van der Waals surface area contributed by atoms with Gasteiger partial charge in [-0.05, 0) is 42.5 Å². The molecule has 0 spiro atoms. The van der Waals surface area contributed by atoms with E-state index in [1.807, 2.05) is 0 Å². The first-order valence-corrected chi connectivity index (χ1v) is 11.8. The number of likely N-dealkylation sites (tertiary alicyclic amines) is 1. The minimum absolute atomic E-state index is 0.0392. The number of amides is 1. The Labute approximate surface area is 184 Å². The molecule has 10 heteroatoms. The fourth-order valence-corrected chi connectivity index (χ4v) is 6.12. The maximum Gasteiger partial charge on any atom is 0.243 e. The van der Waals surface area contributed by atoms with Crippen molar-refractivity contribution in [3.05, 3.63) is 65.5 Å². The van der Waals surface area contributed by atoms with Crippen molar-refractivity contribution in [1.29, 1.82) is 0 Å². The summed E-state index contributed by atoms with van der Waals surface area (Å²) in [7, 11) is -3.64. The number of sulfonamides is 1. The van der Waals surface area contributed by atoms with Gasteiger partial charge in [-0.2, -0.15) is 4.31 Å². The summed E-state index contributed by atoms with van der Waals surface area (Å²) < 4.78 is 67.6. The van der Waals surface area contributed by atoms with Crippen LogP contribution in [0.15, 0.2) is 47.4 Å². The van der Waals surface area contributed by atoms with Crippen LogP contribution in [0.4, 0.5) is 13.2 Å². The Balaban J connectivity index is 1.40. The number of hydrogen-bond acceptors (Lipinski definition) is 4. The summed E-state index contributed by atoms with van der Waals surface area (Å²) in [5.74, 6) is -3.59. The second-order valence-corrected chi connectivity index (χ2v) is 10.3. The van der Waals surface area contributed by atoms with Crippen LogP contribution in [0.1, 0.15) is 18.4 Å².